The van der Waals surface area contributed by atoms with E-state index in [1.807, 2.05) is 19.1 Å². The van der Waals surface area contributed by atoms with Crippen molar-refractivity contribution in [2.24, 2.45) is 0 Å². The van der Waals surface area contributed by atoms with Crippen LogP contribution >= 0.6 is 11.6 Å². The molecule has 3 aromatic rings. The highest BCUT2D eigenvalue weighted by atomic mass is 35.5. The van der Waals surface area contributed by atoms with Crippen LogP contribution in [0.15, 0.2) is 47.4 Å². The monoisotopic (exact) mass is 417 g/mol. The third-order valence-electron chi connectivity index (χ3n) is 4.43. The van der Waals surface area contributed by atoms with Crippen molar-refractivity contribution in [1.82, 2.24) is 9.55 Å². The molecular formula is C21H21ClFN3O3. The SMILES string of the molecule is CCc1cc(OC)c(OC)cc1Nc1nc(=O)c(F)cn1Cc1cccc(Cl)c1. The average molecular weight is 418 g/mol. The minimum Gasteiger partial charge on any atom is -0.493 e. The van der Waals surface area contributed by atoms with Gasteiger partial charge in [0.15, 0.2) is 11.5 Å². The third kappa shape index (κ3) is 4.68. The first-order valence-corrected chi connectivity index (χ1v) is 9.36. The summed E-state index contributed by atoms with van der Waals surface area (Å²) < 4.78 is 26.2. The van der Waals surface area contributed by atoms with Crippen molar-refractivity contribution in [3.05, 3.63) is 74.9 Å². The normalized spacial score (nSPS) is 10.7. The molecule has 0 aliphatic rings. The Labute approximate surface area is 172 Å². The number of aromatic nitrogens is 2. The average Bonchev–Trinajstić information content (AvgIpc) is 2.71. The number of nitrogens with one attached hydrogen (secondary N) is 1. The minimum atomic E-state index is -0.937. The second kappa shape index (κ2) is 8.96. The van der Waals surface area contributed by atoms with Gasteiger partial charge in [-0.15, -0.1) is 0 Å². The van der Waals surface area contributed by atoms with E-state index in [1.54, 1.807) is 38.5 Å². The third-order valence-corrected chi connectivity index (χ3v) is 4.67. The Morgan fingerprint density at radius 3 is 2.55 bits per heavy atom. The Hall–Kier alpha value is -3.06. The van der Waals surface area contributed by atoms with E-state index in [0.717, 1.165) is 17.3 Å². The summed E-state index contributed by atoms with van der Waals surface area (Å²) in [5, 5.41) is 3.71. The molecule has 0 aliphatic carbocycles. The second-order valence-corrected chi connectivity index (χ2v) is 6.75. The molecule has 29 heavy (non-hydrogen) atoms. The quantitative estimate of drug-likeness (QED) is 0.617. The van der Waals surface area contributed by atoms with Crippen molar-refractivity contribution in [1.29, 1.82) is 0 Å². The van der Waals surface area contributed by atoms with Gasteiger partial charge in [0, 0.05) is 23.0 Å². The molecule has 0 fully saturated rings. The van der Waals surface area contributed by atoms with Crippen LogP contribution < -0.4 is 20.3 Å². The lowest BCUT2D eigenvalue weighted by Gasteiger charge is -2.18. The van der Waals surface area contributed by atoms with Crippen molar-refractivity contribution < 1.29 is 13.9 Å². The van der Waals surface area contributed by atoms with Crippen LogP contribution in [-0.4, -0.2) is 23.8 Å². The zero-order valence-corrected chi connectivity index (χ0v) is 17.1. The molecule has 0 saturated heterocycles. The van der Waals surface area contributed by atoms with E-state index in [1.165, 1.54) is 4.57 Å². The van der Waals surface area contributed by atoms with E-state index >= 15 is 0 Å². The summed E-state index contributed by atoms with van der Waals surface area (Å²) in [5.41, 5.74) is 1.51. The standard InChI is InChI=1S/C21H21ClFN3O3/c1-4-14-9-18(28-2)19(29-3)10-17(14)24-21-25-20(27)16(23)12-26(21)11-13-6-5-7-15(22)8-13/h5-10,12H,4,11H2,1-3H3,(H,24,25,27). The van der Waals surface area contributed by atoms with E-state index < -0.39 is 11.4 Å². The predicted octanol–water partition coefficient (Wildman–Crippen LogP) is 4.41. The molecule has 0 unspecified atom stereocenters. The maximum atomic E-state index is 14.0. The molecule has 0 saturated carbocycles. The molecule has 152 valence electrons. The lowest BCUT2D eigenvalue weighted by molar-refractivity contribution is 0.355. The van der Waals surface area contributed by atoms with Gasteiger partial charge in [-0.3, -0.25) is 4.79 Å². The first-order chi connectivity index (χ1) is 13.9. The van der Waals surface area contributed by atoms with Gasteiger partial charge < -0.3 is 19.4 Å². The van der Waals surface area contributed by atoms with Crippen LogP contribution in [-0.2, 0) is 13.0 Å². The Balaban J connectivity index is 2.05. The van der Waals surface area contributed by atoms with Crippen molar-refractivity contribution in [3.63, 3.8) is 0 Å². The van der Waals surface area contributed by atoms with Crippen LogP contribution in [0.5, 0.6) is 11.5 Å². The van der Waals surface area contributed by atoms with Crippen LogP contribution in [0.25, 0.3) is 0 Å². The molecule has 0 radical (unpaired) electrons. The van der Waals surface area contributed by atoms with Gasteiger partial charge in [-0.2, -0.15) is 9.37 Å². The summed E-state index contributed by atoms with van der Waals surface area (Å²) in [6, 6.07) is 10.8. The lowest BCUT2D eigenvalue weighted by Crippen LogP contribution is -2.20. The number of anilines is 2. The number of benzene rings is 2. The number of nitrogens with zero attached hydrogens (tertiary/aromatic N) is 2. The van der Waals surface area contributed by atoms with Gasteiger partial charge in [-0.05, 0) is 35.7 Å². The van der Waals surface area contributed by atoms with Crippen molar-refractivity contribution in [3.8, 4) is 11.5 Å². The number of hydrogen-bond acceptors (Lipinski definition) is 5. The second-order valence-electron chi connectivity index (χ2n) is 6.32. The highest BCUT2D eigenvalue weighted by molar-refractivity contribution is 6.30. The van der Waals surface area contributed by atoms with Crippen LogP contribution in [0.1, 0.15) is 18.1 Å². The van der Waals surface area contributed by atoms with Gasteiger partial charge in [0.2, 0.25) is 11.8 Å². The predicted molar refractivity (Wildman–Crippen MR) is 111 cm³/mol. The maximum absolute atomic E-state index is 14.0. The Morgan fingerprint density at radius 1 is 1.17 bits per heavy atom. The van der Waals surface area contributed by atoms with Crippen molar-refractivity contribution in [2.45, 2.75) is 19.9 Å². The molecule has 2 aromatic carbocycles. The highest BCUT2D eigenvalue weighted by Gasteiger charge is 2.14. The molecule has 0 aliphatic heterocycles. The fraction of sp³-hybridized carbons (Fsp3) is 0.238. The summed E-state index contributed by atoms with van der Waals surface area (Å²) in [7, 11) is 3.10. The molecule has 1 N–H and O–H groups in total. The van der Waals surface area contributed by atoms with Gasteiger partial charge in [0.1, 0.15) is 0 Å². The fourth-order valence-corrected chi connectivity index (χ4v) is 3.18. The molecule has 1 aromatic heterocycles. The number of hydrogen-bond donors (Lipinski definition) is 1. The fourth-order valence-electron chi connectivity index (χ4n) is 2.97. The van der Waals surface area contributed by atoms with Gasteiger partial charge in [-0.1, -0.05) is 30.7 Å². The first-order valence-electron chi connectivity index (χ1n) is 8.98. The molecule has 3 rings (SSSR count). The van der Waals surface area contributed by atoms with Crippen LogP contribution in [0, 0.1) is 5.82 Å². The summed E-state index contributed by atoms with van der Waals surface area (Å²) in [4.78, 5) is 15.7. The van der Waals surface area contributed by atoms with Crippen LogP contribution in [0.2, 0.25) is 5.02 Å². The molecular weight excluding hydrogens is 397 g/mol. The van der Waals surface area contributed by atoms with Gasteiger partial charge in [0.05, 0.1) is 20.8 Å². The molecule has 6 nitrogen and oxygen atoms in total. The first kappa shape index (κ1) is 20.7. The molecule has 0 spiro atoms. The molecule has 8 heteroatoms. The topological polar surface area (TPSA) is 65.4 Å². The van der Waals surface area contributed by atoms with Gasteiger partial charge in [-0.25, -0.2) is 0 Å². The number of aryl methyl sites for hydroxylation is 1. The zero-order chi connectivity index (χ0) is 21.0. The lowest BCUT2D eigenvalue weighted by atomic mass is 10.1. The Bertz CT molecular complexity index is 1090. The van der Waals surface area contributed by atoms with Crippen LogP contribution in [0.4, 0.5) is 16.0 Å². The Kier molecular flexibility index (Phi) is 6.39. The van der Waals surface area contributed by atoms with Gasteiger partial charge in [0.25, 0.3) is 0 Å². The van der Waals surface area contributed by atoms with E-state index in [-0.39, 0.29) is 12.5 Å². The maximum Gasteiger partial charge on any atom is 0.310 e. The smallest absolute Gasteiger partial charge is 0.310 e. The van der Waals surface area contributed by atoms with E-state index in [2.05, 4.69) is 10.3 Å². The molecule has 0 amide bonds. The minimum absolute atomic E-state index is 0.207. The number of methoxy groups -OCH3 is 2. The number of ether oxygens (including phenoxy) is 2. The highest BCUT2D eigenvalue weighted by Crippen LogP contribution is 2.34. The number of halogens is 2. The summed E-state index contributed by atoms with van der Waals surface area (Å²) in [6.45, 7) is 2.27. The number of rotatable bonds is 7. The summed E-state index contributed by atoms with van der Waals surface area (Å²) in [6.07, 6.45) is 1.83. The molecule has 1 heterocycles. The van der Waals surface area contributed by atoms with Crippen LogP contribution in [0.3, 0.4) is 0 Å². The van der Waals surface area contributed by atoms with Crippen molar-refractivity contribution in [2.75, 3.05) is 19.5 Å². The molecule has 0 atom stereocenters. The Morgan fingerprint density at radius 2 is 1.90 bits per heavy atom. The van der Waals surface area contributed by atoms with E-state index in [9.17, 15) is 9.18 Å². The summed E-state index contributed by atoms with van der Waals surface area (Å²) >= 11 is 6.05. The summed E-state index contributed by atoms with van der Waals surface area (Å²) in [5.74, 6) is 0.398. The molecule has 0 bridgehead atoms. The van der Waals surface area contributed by atoms with E-state index in [0.29, 0.717) is 28.6 Å². The van der Waals surface area contributed by atoms with E-state index in [4.69, 9.17) is 21.1 Å². The van der Waals surface area contributed by atoms with Gasteiger partial charge >= 0.3 is 5.56 Å². The largest absolute Gasteiger partial charge is 0.493 e. The zero-order valence-electron chi connectivity index (χ0n) is 16.3. The van der Waals surface area contributed by atoms with Crippen molar-refractivity contribution >= 4 is 23.2 Å².